The third-order valence-electron chi connectivity index (χ3n) is 11.7. The zero-order valence-corrected chi connectivity index (χ0v) is 40.4. The number of carbonyl (C=O) groups is 2. The van der Waals surface area contributed by atoms with Gasteiger partial charge in [-0.15, -0.1) is 0 Å². The third-order valence-corrected chi connectivity index (χ3v) is 13.0. The van der Waals surface area contributed by atoms with Crippen LogP contribution in [0.5, 0.6) is 0 Å². The lowest BCUT2D eigenvalue weighted by Crippen LogP contribution is -2.71. The summed E-state index contributed by atoms with van der Waals surface area (Å²) < 4.78 is 161. The molecule has 25 atom stereocenters. The molecule has 5 aliphatic heterocycles. The van der Waals surface area contributed by atoms with E-state index in [2.05, 4.69) is 23.2 Å². The number of hydrogen-bond donors (Lipinski definition) is 16. The van der Waals surface area contributed by atoms with Gasteiger partial charge in [0.05, 0.1) is 32.5 Å². The van der Waals surface area contributed by atoms with E-state index < -0.39 is 223 Å². The summed E-state index contributed by atoms with van der Waals surface area (Å²) in [6.45, 7) is -2.02. The molecule has 5 rings (SSSR count). The second-order valence-electron chi connectivity index (χ2n) is 17.0. The van der Waals surface area contributed by atoms with E-state index in [0.29, 0.717) is 0 Å². The van der Waals surface area contributed by atoms with Crippen LogP contribution in [0.1, 0.15) is 20.8 Å². The number of aliphatic hydroxyl groups excluding tert-OH is 11. The minimum Gasteiger partial charge on any atom is -0.394 e. The Balaban J connectivity index is 1.51. The molecule has 5 aliphatic rings. The monoisotopic (exact) mass is 1130 g/mol. The SMILES string of the molecule is CC(=O)N[C@H]1[C@H](O[C@H]2[C@@H](O)[C@@H](CO)O[C@@H](O[C@H]3[C@H](O[C@@H]4O[C@@H](C)[C@@H](O)[C@@H](O)[C@@H]4O)[C@@H](NC(C)=O)C(O)O[C@@H]3COS(=O)(=O)O)[C@@H]2O)O[C@H](COS(=O)(=O)O)[C@@H](O[C@@H]2O[C@H](COS(=O)(=O)O)[C@H](O)[C@H](O)[C@H]2O)[C@@H]1O. The molecule has 0 aromatic heterocycles. The van der Waals surface area contributed by atoms with Crippen molar-refractivity contribution in [1.29, 1.82) is 0 Å². The molecule has 0 aliphatic carbocycles. The summed E-state index contributed by atoms with van der Waals surface area (Å²) in [5, 5.41) is 124. The van der Waals surface area contributed by atoms with Crippen LogP contribution in [0, 0.1) is 0 Å². The van der Waals surface area contributed by atoms with Crippen molar-refractivity contribution in [2.45, 2.75) is 174 Å². The van der Waals surface area contributed by atoms with E-state index in [-0.39, 0.29) is 0 Å². The van der Waals surface area contributed by atoms with Crippen molar-refractivity contribution in [2.24, 2.45) is 0 Å². The van der Waals surface area contributed by atoms with Crippen LogP contribution in [0.25, 0.3) is 0 Å². The van der Waals surface area contributed by atoms with Gasteiger partial charge in [0.15, 0.2) is 31.5 Å². The Morgan fingerprint density at radius 1 is 0.438 bits per heavy atom. The first kappa shape index (κ1) is 61.6. The molecule has 36 nitrogen and oxygen atoms in total. The van der Waals surface area contributed by atoms with Crippen LogP contribution < -0.4 is 10.6 Å². The number of ether oxygens (including phenoxy) is 9. The average molecular weight is 1140 g/mol. The Morgan fingerprint density at radius 3 is 1.37 bits per heavy atom. The molecule has 73 heavy (non-hydrogen) atoms. The van der Waals surface area contributed by atoms with Crippen LogP contribution in [0.15, 0.2) is 0 Å². The lowest BCUT2D eigenvalue weighted by Gasteiger charge is -2.51. The molecule has 39 heteroatoms. The number of nitrogens with one attached hydrogen (secondary N) is 2. The van der Waals surface area contributed by atoms with Gasteiger partial charge >= 0.3 is 31.2 Å². The Bertz CT molecular complexity index is 2180. The molecule has 1 unspecified atom stereocenters. The summed E-state index contributed by atoms with van der Waals surface area (Å²) >= 11 is 0. The van der Waals surface area contributed by atoms with Crippen molar-refractivity contribution in [3.05, 3.63) is 0 Å². The summed E-state index contributed by atoms with van der Waals surface area (Å²) in [7, 11) is -16.0. The Kier molecular flexibility index (Phi) is 21.1. The Hall–Kier alpha value is -2.25. The quantitative estimate of drug-likeness (QED) is 0.0503. The van der Waals surface area contributed by atoms with Gasteiger partial charge in [-0.2, -0.15) is 25.3 Å². The maximum atomic E-state index is 12.6. The molecule has 0 saturated carbocycles. The minimum atomic E-state index is -5.42. The fourth-order valence-corrected chi connectivity index (χ4v) is 9.11. The van der Waals surface area contributed by atoms with Gasteiger partial charge in [0.25, 0.3) is 0 Å². The molecule has 0 bridgehead atoms. The first-order valence-electron chi connectivity index (χ1n) is 21.4. The first-order chi connectivity index (χ1) is 33.7. The van der Waals surface area contributed by atoms with Crippen molar-refractivity contribution in [1.82, 2.24) is 10.6 Å². The smallest absolute Gasteiger partial charge is 0.394 e. The number of aliphatic hydroxyl groups is 11. The van der Waals surface area contributed by atoms with Gasteiger partial charge in [-0.1, -0.05) is 0 Å². The van der Waals surface area contributed by atoms with Crippen molar-refractivity contribution >= 4 is 43.0 Å². The highest BCUT2D eigenvalue weighted by molar-refractivity contribution is 7.81. The third kappa shape index (κ3) is 15.9. The van der Waals surface area contributed by atoms with E-state index in [1.807, 2.05) is 0 Å². The van der Waals surface area contributed by atoms with E-state index in [0.717, 1.165) is 13.8 Å². The maximum Gasteiger partial charge on any atom is 0.397 e. The van der Waals surface area contributed by atoms with Crippen LogP contribution in [0.4, 0.5) is 0 Å². The van der Waals surface area contributed by atoms with Crippen molar-refractivity contribution in [3.63, 3.8) is 0 Å². The Morgan fingerprint density at radius 2 is 0.849 bits per heavy atom. The second-order valence-corrected chi connectivity index (χ2v) is 20.3. The summed E-state index contributed by atoms with van der Waals surface area (Å²) in [6, 6.07) is -3.87. The zero-order valence-electron chi connectivity index (χ0n) is 37.9. The summed E-state index contributed by atoms with van der Waals surface area (Å²) in [4.78, 5) is 25.0. The van der Waals surface area contributed by atoms with Gasteiger partial charge in [0, 0.05) is 13.8 Å². The number of hydrogen-bond acceptors (Lipinski definition) is 31. The Labute approximate surface area is 413 Å². The van der Waals surface area contributed by atoms with Gasteiger partial charge in [-0.05, 0) is 6.92 Å². The zero-order chi connectivity index (χ0) is 54.8. The topological polar surface area (TPSA) is 555 Å². The van der Waals surface area contributed by atoms with E-state index in [9.17, 15) is 100 Å². The summed E-state index contributed by atoms with van der Waals surface area (Å²) in [6.07, 6.45) is -48.4. The molecule has 16 N–H and O–H groups in total. The van der Waals surface area contributed by atoms with Gasteiger partial charge in [0.2, 0.25) is 11.8 Å². The molecule has 0 aromatic carbocycles. The molecule has 0 aromatic rings. The van der Waals surface area contributed by atoms with Crippen LogP contribution >= 0.6 is 0 Å². The maximum absolute atomic E-state index is 12.6. The van der Waals surface area contributed by atoms with Gasteiger partial charge in [-0.25, -0.2) is 12.5 Å². The number of rotatable bonds is 20. The molecular formula is C34H58N2O34S3. The number of carbonyl (C=O) groups excluding carboxylic acids is 2. The predicted molar refractivity (Wildman–Crippen MR) is 220 cm³/mol. The van der Waals surface area contributed by atoms with E-state index in [4.69, 9.17) is 47.2 Å². The van der Waals surface area contributed by atoms with Crippen LogP contribution in [-0.2, 0) is 96.0 Å². The van der Waals surface area contributed by atoms with E-state index in [1.54, 1.807) is 0 Å². The fraction of sp³-hybridized carbons (Fsp3) is 0.941. The summed E-state index contributed by atoms with van der Waals surface area (Å²) in [5.41, 5.74) is 0. The van der Waals surface area contributed by atoms with Crippen molar-refractivity contribution in [2.75, 3.05) is 26.4 Å². The lowest BCUT2D eigenvalue weighted by molar-refractivity contribution is -0.385. The molecule has 0 radical (unpaired) electrons. The molecule has 0 spiro atoms. The average Bonchev–Trinajstić information content (AvgIpc) is 3.28. The van der Waals surface area contributed by atoms with Crippen molar-refractivity contribution < 1.29 is 160 Å². The highest BCUT2D eigenvalue weighted by atomic mass is 32.3. The first-order valence-corrected chi connectivity index (χ1v) is 25.5. The number of amides is 2. The summed E-state index contributed by atoms with van der Waals surface area (Å²) in [5.74, 6) is -1.91. The highest BCUT2D eigenvalue weighted by Crippen LogP contribution is 2.37. The van der Waals surface area contributed by atoms with Crippen LogP contribution in [0.2, 0.25) is 0 Å². The van der Waals surface area contributed by atoms with E-state index in [1.165, 1.54) is 6.92 Å². The predicted octanol–water partition coefficient (Wildman–Crippen LogP) is -11.1. The van der Waals surface area contributed by atoms with Crippen molar-refractivity contribution in [3.8, 4) is 0 Å². The standard InChI is InChI=1S/C34H58N2O34S3/c1-8-17(40)21(44)23(46)32(62-8)69-28-16(36-10(3)39)30(49)63-14(7-61-73(56,57)58)27(28)68-34-25(48)29(19(42)11(4-37)64-34)70-31-15(35-9(2)38)20(43)26(13(66-31)6-60-72(53,54)55)67-33-24(47)22(45)18(41)12(65-33)5-59-71(50,51)52/h8,11-34,37,40-49H,4-7H2,1-3H3,(H,35,38)(H,36,39)(H,50,51,52)(H,53,54,55)(H,56,57,58)/t8-,11+,12+,13+,14+,15+,16+,17+,18-,19-,20+,21+,22-,23-,24+,25+,26+,27+,28+,29-,30?,31-,32-,33-,34-/m0/s1. The van der Waals surface area contributed by atoms with Gasteiger partial charge in [-0.3, -0.25) is 23.2 Å². The fourth-order valence-electron chi connectivity index (χ4n) is 8.19. The molecule has 426 valence electrons. The minimum absolute atomic E-state index is 0.876. The molecular weight excluding hydrogens is 1080 g/mol. The second kappa shape index (κ2) is 25.0. The lowest BCUT2D eigenvalue weighted by atomic mass is 9.94. The largest absolute Gasteiger partial charge is 0.397 e. The van der Waals surface area contributed by atoms with Crippen LogP contribution in [0.3, 0.4) is 0 Å². The normalized spacial score (nSPS) is 44.0. The van der Waals surface area contributed by atoms with E-state index >= 15 is 0 Å². The van der Waals surface area contributed by atoms with Gasteiger partial charge < -0.3 is 109 Å². The van der Waals surface area contributed by atoms with Crippen LogP contribution in [-0.4, -0.2) is 287 Å². The molecule has 2 amide bonds. The molecule has 5 heterocycles. The van der Waals surface area contributed by atoms with Gasteiger partial charge in [0.1, 0.15) is 116 Å². The molecule has 5 saturated heterocycles. The molecule has 5 fully saturated rings. The highest BCUT2D eigenvalue weighted by Gasteiger charge is 2.58.